The molecule has 0 fully saturated rings. The van der Waals surface area contributed by atoms with E-state index in [1.807, 2.05) is 49.2 Å². The van der Waals surface area contributed by atoms with E-state index >= 15 is 0 Å². The second-order valence-corrected chi connectivity index (χ2v) is 3.87. The molecule has 0 aliphatic heterocycles. The fraction of sp³-hybridized carbons (Fsp3) is 0.308. The summed E-state index contributed by atoms with van der Waals surface area (Å²) < 4.78 is 5.10. The molecule has 0 unspecified atom stereocenters. The zero-order valence-corrected chi connectivity index (χ0v) is 11.3. The summed E-state index contributed by atoms with van der Waals surface area (Å²) in [6.45, 7) is 2.72. The second kappa shape index (κ2) is 5.99. The highest BCUT2D eigenvalue weighted by molar-refractivity contribution is 5.56. The third-order valence-electron chi connectivity index (χ3n) is 2.56. The maximum absolute atomic E-state index is 5.10. The van der Waals surface area contributed by atoms with Crippen molar-refractivity contribution < 1.29 is 4.74 Å². The van der Waals surface area contributed by atoms with Crippen LogP contribution in [0.3, 0.4) is 0 Å². The molecule has 2 aromatic rings. The van der Waals surface area contributed by atoms with E-state index in [0.717, 1.165) is 12.2 Å². The van der Waals surface area contributed by atoms with E-state index in [9.17, 15) is 0 Å². The molecule has 6 heteroatoms. The van der Waals surface area contributed by atoms with Crippen LogP contribution in [-0.2, 0) is 0 Å². The number of nitrogens with zero attached hydrogens (tertiary/aromatic N) is 4. The van der Waals surface area contributed by atoms with Crippen molar-refractivity contribution in [3.05, 3.63) is 30.3 Å². The number of rotatable bonds is 5. The van der Waals surface area contributed by atoms with E-state index in [1.165, 1.54) is 7.11 Å². The monoisotopic (exact) mass is 259 g/mol. The molecule has 19 heavy (non-hydrogen) atoms. The smallest absolute Gasteiger partial charge is 0.322 e. The number of benzene rings is 1. The van der Waals surface area contributed by atoms with Crippen LogP contribution in [0.2, 0.25) is 0 Å². The van der Waals surface area contributed by atoms with Gasteiger partial charge in [0.05, 0.1) is 7.11 Å². The first-order valence-electron chi connectivity index (χ1n) is 6.07. The van der Waals surface area contributed by atoms with Gasteiger partial charge in [-0.25, -0.2) is 0 Å². The molecule has 0 bridgehead atoms. The lowest BCUT2D eigenvalue weighted by Crippen LogP contribution is -2.15. The number of hydrogen-bond donors (Lipinski definition) is 1. The second-order valence-electron chi connectivity index (χ2n) is 3.87. The molecule has 1 aromatic heterocycles. The van der Waals surface area contributed by atoms with E-state index in [-0.39, 0.29) is 0 Å². The lowest BCUT2D eigenvalue weighted by atomic mass is 10.3. The highest BCUT2D eigenvalue weighted by Crippen LogP contribution is 2.21. The third-order valence-corrected chi connectivity index (χ3v) is 2.56. The van der Waals surface area contributed by atoms with Crippen LogP contribution < -0.4 is 15.0 Å². The van der Waals surface area contributed by atoms with Gasteiger partial charge >= 0.3 is 6.01 Å². The SMILES string of the molecule is CCNc1nc(OC)nc(N(C)c2ccccc2)n1. The van der Waals surface area contributed by atoms with Gasteiger partial charge in [-0.15, -0.1) is 0 Å². The van der Waals surface area contributed by atoms with Gasteiger partial charge in [-0.3, -0.25) is 0 Å². The number of hydrogen-bond acceptors (Lipinski definition) is 6. The van der Waals surface area contributed by atoms with Crippen molar-refractivity contribution in [2.75, 3.05) is 30.9 Å². The minimum atomic E-state index is 0.295. The lowest BCUT2D eigenvalue weighted by molar-refractivity contribution is 0.379. The maximum atomic E-state index is 5.10. The minimum absolute atomic E-state index is 0.295. The fourth-order valence-corrected chi connectivity index (χ4v) is 1.59. The summed E-state index contributed by atoms with van der Waals surface area (Å²) in [5.41, 5.74) is 0.998. The Balaban J connectivity index is 2.35. The molecule has 100 valence electrons. The van der Waals surface area contributed by atoms with Crippen LogP contribution in [0.4, 0.5) is 17.6 Å². The number of anilines is 3. The molecule has 0 saturated carbocycles. The molecule has 0 amide bonds. The predicted molar refractivity (Wildman–Crippen MR) is 75.0 cm³/mol. The van der Waals surface area contributed by atoms with Crippen LogP contribution in [0.1, 0.15) is 6.92 Å². The number of methoxy groups -OCH3 is 1. The van der Waals surface area contributed by atoms with Crippen LogP contribution in [0.5, 0.6) is 6.01 Å². The van der Waals surface area contributed by atoms with E-state index < -0.39 is 0 Å². The summed E-state index contributed by atoms with van der Waals surface area (Å²) in [5.74, 6) is 1.04. The van der Waals surface area contributed by atoms with E-state index in [1.54, 1.807) is 0 Å². The van der Waals surface area contributed by atoms with Crippen LogP contribution in [0.25, 0.3) is 0 Å². The molecule has 1 heterocycles. The largest absolute Gasteiger partial charge is 0.467 e. The molecule has 0 saturated heterocycles. The van der Waals surface area contributed by atoms with Crippen LogP contribution >= 0.6 is 0 Å². The molecule has 0 atom stereocenters. The van der Waals surface area contributed by atoms with Gasteiger partial charge in [-0.1, -0.05) is 18.2 Å². The lowest BCUT2D eigenvalue weighted by Gasteiger charge is -2.17. The summed E-state index contributed by atoms with van der Waals surface area (Å²) in [7, 11) is 3.44. The Hall–Kier alpha value is -2.37. The summed E-state index contributed by atoms with van der Waals surface area (Å²) in [4.78, 5) is 14.6. The van der Waals surface area contributed by atoms with Gasteiger partial charge in [-0.2, -0.15) is 15.0 Å². The molecule has 0 aliphatic rings. The first-order chi connectivity index (χ1) is 9.24. The quantitative estimate of drug-likeness (QED) is 0.887. The van der Waals surface area contributed by atoms with Gasteiger partial charge < -0.3 is 15.0 Å². The zero-order valence-electron chi connectivity index (χ0n) is 11.3. The van der Waals surface area contributed by atoms with Gasteiger partial charge in [0.2, 0.25) is 11.9 Å². The average molecular weight is 259 g/mol. The molecule has 1 aromatic carbocycles. The first kappa shape index (κ1) is 13.1. The summed E-state index contributed by atoms with van der Waals surface area (Å²) in [6.07, 6.45) is 0. The van der Waals surface area contributed by atoms with Crippen molar-refractivity contribution in [2.24, 2.45) is 0 Å². The van der Waals surface area contributed by atoms with Crippen LogP contribution in [-0.4, -0.2) is 35.7 Å². The molecule has 1 N–H and O–H groups in total. The maximum Gasteiger partial charge on any atom is 0.322 e. The Morgan fingerprint density at radius 3 is 2.53 bits per heavy atom. The van der Waals surface area contributed by atoms with Crippen molar-refractivity contribution in [1.82, 2.24) is 15.0 Å². The predicted octanol–water partition coefficient (Wildman–Crippen LogP) is 2.08. The van der Waals surface area contributed by atoms with E-state index in [0.29, 0.717) is 17.9 Å². The third kappa shape index (κ3) is 3.09. The molecule has 0 radical (unpaired) electrons. The van der Waals surface area contributed by atoms with Crippen molar-refractivity contribution >= 4 is 17.6 Å². The van der Waals surface area contributed by atoms with Crippen molar-refractivity contribution in [2.45, 2.75) is 6.92 Å². The highest BCUT2D eigenvalue weighted by Gasteiger charge is 2.11. The Morgan fingerprint density at radius 1 is 1.16 bits per heavy atom. The van der Waals surface area contributed by atoms with Gasteiger partial charge in [0.25, 0.3) is 0 Å². The molecule has 0 spiro atoms. The number of ether oxygens (including phenoxy) is 1. The number of para-hydroxylation sites is 1. The van der Waals surface area contributed by atoms with E-state index in [2.05, 4.69) is 20.3 Å². The van der Waals surface area contributed by atoms with Gasteiger partial charge in [0.15, 0.2) is 0 Å². The molecular formula is C13H17N5O. The topological polar surface area (TPSA) is 63.2 Å². The Kier molecular flexibility index (Phi) is 4.12. The number of aromatic nitrogens is 3. The molecule has 6 nitrogen and oxygen atoms in total. The van der Waals surface area contributed by atoms with Crippen molar-refractivity contribution in [1.29, 1.82) is 0 Å². The first-order valence-corrected chi connectivity index (χ1v) is 6.07. The van der Waals surface area contributed by atoms with E-state index in [4.69, 9.17) is 4.74 Å². The van der Waals surface area contributed by atoms with Gasteiger partial charge in [0.1, 0.15) is 0 Å². The normalized spacial score (nSPS) is 10.1. The van der Waals surface area contributed by atoms with Crippen LogP contribution in [0, 0.1) is 0 Å². The average Bonchev–Trinajstić information content (AvgIpc) is 2.47. The number of nitrogens with one attached hydrogen (secondary N) is 1. The van der Waals surface area contributed by atoms with Crippen LogP contribution in [0.15, 0.2) is 30.3 Å². The zero-order chi connectivity index (χ0) is 13.7. The Bertz CT molecular complexity index is 532. The summed E-state index contributed by atoms with van der Waals surface area (Å²) in [5, 5.41) is 3.06. The molecular weight excluding hydrogens is 242 g/mol. The fourth-order valence-electron chi connectivity index (χ4n) is 1.59. The summed E-state index contributed by atoms with van der Waals surface area (Å²) in [6, 6.07) is 10.2. The highest BCUT2D eigenvalue weighted by atomic mass is 16.5. The minimum Gasteiger partial charge on any atom is -0.467 e. The van der Waals surface area contributed by atoms with Crippen molar-refractivity contribution in [3.63, 3.8) is 0 Å². The van der Waals surface area contributed by atoms with Crippen molar-refractivity contribution in [3.8, 4) is 6.01 Å². The Labute approximate surface area is 112 Å². The summed E-state index contributed by atoms with van der Waals surface area (Å²) >= 11 is 0. The van der Waals surface area contributed by atoms with Gasteiger partial charge in [0, 0.05) is 19.3 Å². The standard InChI is InChI=1S/C13H17N5O/c1-4-14-11-15-12(17-13(16-11)19-3)18(2)10-8-6-5-7-9-10/h5-9H,4H2,1-3H3,(H,14,15,16,17). The van der Waals surface area contributed by atoms with Gasteiger partial charge in [-0.05, 0) is 19.1 Å². The molecule has 0 aliphatic carbocycles. The Morgan fingerprint density at radius 2 is 1.89 bits per heavy atom. The molecule has 2 rings (SSSR count).